The number of nitrogens with one attached hydrogen (secondary N) is 1. The van der Waals surface area contributed by atoms with Crippen LogP contribution in [-0.2, 0) is 17.6 Å². The van der Waals surface area contributed by atoms with E-state index in [0.717, 1.165) is 24.9 Å². The van der Waals surface area contributed by atoms with Gasteiger partial charge in [0.1, 0.15) is 0 Å². The van der Waals surface area contributed by atoms with Gasteiger partial charge in [0.2, 0.25) is 5.91 Å². The molecule has 0 heterocycles. The number of amides is 1. The van der Waals surface area contributed by atoms with Gasteiger partial charge in [0.15, 0.2) is 0 Å². The molecule has 0 aromatic heterocycles. The highest BCUT2D eigenvalue weighted by Gasteiger charge is 2.13. The number of unbranched alkanes of at least 4 members (excludes halogenated alkanes) is 5. The van der Waals surface area contributed by atoms with Crippen molar-refractivity contribution < 1.29 is 4.79 Å². The van der Waals surface area contributed by atoms with Crippen molar-refractivity contribution in [2.24, 2.45) is 11.7 Å². The van der Waals surface area contributed by atoms with Gasteiger partial charge in [-0.25, -0.2) is 0 Å². The second kappa shape index (κ2) is 12.1. The first kappa shape index (κ1) is 20.7. The van der Waals surface area contributed by atoms with E-state index in [4.69, 9.17) is 5.73 Å². The van der Waals surface area contributed by atoms with Crippen molar-refractivity contribution in [3.8, 4) is 0 Å². The van der Waals surface area contributed by atoms with Crippen LogP contribution in [0.25, 0.3) is 0 Å². The summed E-state index contributed by atoms with van der Waals surface area (Å²) in [5.74, 6) is 0.626. The summed E-state index contributed by atoms with van der Waals surface area (Å²) in [5.41, 5.74) is 8.51. The summed E-state index contributed by atoms with van der Waals surface area (Å²) in [6, 6.07) is 8.03. The Kier molecular flexibility index (Phi) is 10.4. The fraction of sp³-hybridized carbons (Fsp3) is 0.667. The molecule has 136 valence electrons. The highest BCUT2D eigenvalue weighted by Crippen LogP contribution is 2.11. The van der Waals surface area contributed by atoms with Crippen molar-refractivity contribution >= 4 is 5.91 Å². The average molecular weight is 333 g/mol. The third-order valence-corrected chi connectivity index (χ3v) is 4.29. The van der Waals surface area contributed by atoms with Gasteiger partial charge in [0.05, 0.1) is 6.04 Å². The summed E-state index contributed by atoms with van der Waals surface area (Å²) in [5, 5.41) is 2.97. The van der Waals surface area contributed by atoms with Crippen molar-refractivity contribution in [1.82, 2.24) is 5.32 Å². The molecule has 1 atom stereocenters. The minimum absolute atomic E-state index is 0.0326. The summed E-state index contributed by atoms with van der Waals surface area (Å²) in [6.07, 6.45) is 9.07. The standard InChI is InChI=1S/C21H36N2O/c1-4-5-6-7-8-9-14-23-21(24)20(22)16-19-12-10-18(11-13-19)15-17(2)3/h10-13,17,20H,4-9,14-16,22H2,1-3H3,(H,23,24). The predicted octanol–water partition coefficient (Wildman–Crippen LogP) is 4.23. The van der Waals surface area contributed by atoms with E-state index < -0.39 is 6.04 Å². The molecule has 1 unspecified atom stereocenters. The lowest BCUT2D eigenvalue weighted by molar-refractivity contribution is -0.122. The van der Waals surface area contributed by atoms with Crippen LogP contribution < -0.4 is 11.1 Å². The fourth-order valence-corrected chi connectivity index (χ4v) is 2.88. The van der Waals surface area contributed by atoms with Gasteiger partial charge in [0, 0.05) is 6.54 Å². The van der Waals surface area contributed by atoms with Crippen LogP contribution in [0.1, 0.15) is 70.4 Å². The Labute approximate surface area is 148 Å². The zero-order valence-electron chi connectivity index (χ0n) is 15.8. The molecule has 1 rings (SSSR count). The summed E-state index contributed by atoms with van der Waals surface area (Å²) in [7, 11) is 0. The molecule has 0 aliphatic rings. The molecule has 3 N–H and O–H groups in total. The van der Waals surface area contributed by atoms with Gasteiger partial charge in [-0.2, -0.15) is 0 Å². The maximum Gasteiger partial charge on any atom is 0.237 e. The molecule has 24 heavy (non-hydrogen) atoms. The van der Waals surface area contributed by atoms with Crippen LogP contribution in [-0.4, -0.2) is 18.5 Å². The van der Waals surface area contributed by atoms with E-state index in [9.17, 15) is 4.79 Å². The second-order valence-electron chi connectivity index (χ2n) is 7.28. The van der Waals surface area contributed by atoms with Gasteiger partial charge in [-0.05, 0) is 36.3 Å². The molecule has 0 radical (unpaired) electrons. The van der Waals surface area contributed by atoms with E-state index >= 15 is 0 Å². The monoisotopic (exact) mass is 332 g/mol. The third-order valence-electron chi connectivity index (χ3n) is 4.29. The van der Waals surface area contributed by atoms with Crippen LogP contribution in [0, 0.1) is 5.92 Å². The summed E-state index contributed by atoms with van der Waals surface area (Å²) < 4.78 is 0. The average Bonchev–Trinajstić information content (AvgIpc) is 2.55. The maximum absolute atomic E-state index is 12.1. The summed E-state index contributed by atoms with van der Waals surface area (Å²) in [4.78, 5) is 12.1. The molecular weight excluding hydrogens is 296 g/mol. The molecule has 0 saturated carbocycles. The number of hydrogen-bond acceptors (Lipinski definition) is 2. The van der Waals surface area contributed by atoms with Crippen LogP contribution in [0.15, 0.2) is 24.3 Å². The first-order valence-corrected chi connectivity index (χ1v) is 9.64. The third kappa shape index (κ3) is 9.07. The zero-order valence-corrected chi connectivity index (χ0v) is 15.8. The summed E-state index contributed by atoms with van der Waals surface area (Å²) in [6.45, 7) is 7.40. The molecule has 3 heteroatoms. The smallest absolute Gasteiger partial charge is 0.237 e. The Bertz CT molecular complexity index is 453. The quantitative estimate of drug-likeness (QED) is 0.563. The highest BCUT2D eigenvalue weighted by atomic mass is 16.2. The largest absolute Gasteiger partial charge is 0.355 e. The minimum Gasteiger partial charge on any atom is -0.355 e. The van der Waals surface area contributed by atoms with Crippen molar-refractivity contribution in [2.75, 3.05) is 6.54 Å². The first-order valence-electron chi connectivity index (χ1n) is 9.64. The lowest BCUT2D eigenvalue weighted by Gasteiger charge is -2.13. The van der Waals surface area contributed by atoms with E-state index in [1.54, 1.807) is 0 Å². The van der Waals surface area contributed by atoms with Gasteiger partial charge < -0.3 is 11.1 Å². The van der Waals surface area contributed by atoms with E-state index in [-0.39, 0.29) is 5.91 Å². The van der Waals surface area contributed by atoms with E-state index in [0.29, 0.717) is 12.3 Å². The van der Waals surface area contributed by atoms with Crippen LogP contribution >= 0.6 is 0 Å². The number of carbonyl (C=O) groups is 1. The Morgan fingerprint density at radius 1 is 0.958 bits per heavy atom. The Morgan fingerprint density at radius 2 is 1.50 bits per heavy atom. The van der Waals surface area contributed by atoms with Gasteiger partial charge in [-0.15, -0.1) is 0 Å². The molecule has 1 amide bonds. The molecule has 0 saturated heterocycles. The molecule has 0 bridgehead atoms. The Morgan fingerprint density at radius 3 is 2.08 bits per heavy atom. The number of nitrogens with two attached hydrogens (primary N) is 1. The van der Waals surface area contributed by atoms with Gasteiger partial charge >= 0.3 is 0 Å². The van der Waals surface area contributed by atoms with E-state index in [1.807, 2.05) is 0 Å². The zero-order chi connectivity index (χ0) is 17.8. The van der Waals surface area contributed by atoms with Crippen molar-refractivity contribution in [3.63, 3.8) is 0 Å². The first-order chi connectivity index (χ1) is 11.5. The maximum atomic E-state index is 12.1. The lowest BCUT2D eigenvalue weighted by Crippen LogP contribution is -2.42. The van der Waals surface area contributed by atoms with Gasteiger partial charge in [0.25, 0.3) is 0 Å². The molecule has 0 aliphatic carbocycles. The van der Waals surface area contributed by atoms with Gasteiger partial charge in [-0.1, -0.05) is 77.1 Å². The Balaban J connectivity index is 2.23. The van der Waals surface area contributed by atoms with E-state index in [1.165, 1.54) is 37.7 Å². The van der Waals surface area contributed by atoms with Crippen LogP contribution in [0.5, 0.6) is 0 Å². The van der Waals surface area contributed by atoms with Crippen LogP contribution in [0.2, 0.25) is 0 Å². The van der Waals surface area contributed by atoms with Crippen molar-refractivity contribution in [3.05, 3.63) is 35.4 Å². The normalized spacial score (nSPS) is 12.4. The number of rotatable bonds is 12. The van der Waals surface area contributed by atoms with Crippen molar-refractivity contribution in [2.45, 2.75) is 78.2 Å². The molecule has 0 fully saturated rings. The van der Waals surface area contributed by atoms with Crippen molar-refractivity contribution in [1.29, 1.82) is 0 Å². The SMILES string of the molecule is CCCCCCCCNC(=O)C(N)Cc1ccc(CC(C)C)cc1. The molecule has 0 spiro atoms. The van der Waals surface area contributed by atoms with E-state index in [2.05, 4.69) is 50.4 Å². The van der Waals surface area contributed by atoms with Crippen LogP contribution in [0.3, 0.4) is 0 Å². The molecular formula is C21H36N2O. The molecule has 1 aromatic carbocycles. The number of hydrogen-bond donors (Lipinski definition) is 2. The number of benzene rings is 1. The predicted molar refractivity (Wildman–Crippen MR) is 103 cm³/mol. The number of carbonyl (C=O) groups excluding carboxylic acids is 1. The van der Waals surface area contributed by atoms with Crippen LogP contribution in [0.4, 0.5) is 0 Å². The molecule has 0 aliphatic heterocycles. The fourth-order valence-electron chi connectivity index (χ4n) is 2.88. The molecule has 1 aromatic rings. The Hall–Kier alpha value is -1.35. The summed E-state index contributed by atoms with van der Waals surface area (Å²) >= 11 is 0. The molecule has 3 nitrogen and oxygen atoms in total. The topological polar surface area (TPSA) is 55.1 Å². The van der Waals surface area contributed by atoms with Gasteiger partial charge in [-0.3, -0.25) is 4.79 Å². The second-order valence-corrected chi connectivity index (χ2v) is 7.28. The lowest BCUT2D eigenvalue weighted by atomic mass is 9.99. The highest BCUT2D eigenvalue weighted by molar-refractivity contribution is 5.81. The minimum atomic E-state index is -0.457.